The highest BCUT2D eigenvalue weighted by molar-refractivity contribution is 9.10. The smallest absolute Gasteiger partial charge is 0.253 e. The first-order chi connectivity index (χ1) is 9.79. The Morgan fingerprint density at radius 2 is 2.10 bits per heavy atom. The first-order valence-corrected chi connectivity index (χ1v) is 7.22. The Kier molecular flexibility index (Phi) is 4.62. The van der Waals surface area contributed by atoms with Gasteiger partial charge in [0, 0.05) is 15.4 Å². The van der Waals surface area contributed by atoms with Crippen LogP contribution in [-0.2, 0) is 6.18 Å². The molecule has 0 saturated heterocycles. The standard InChI is InChI=1S/C12H8BrF4N3S/c1-6-5-21-11(19-6)20-18-4-7-9(13)3-2-8(10(7)14)12(15,16)17/h2-5H,1H3,(H,19,20). The molecule has 0 radical (unpaired) electrons. The number of aromatic nitrogens is 1. The minimum absolute atomic E-state index is 0.175. The molecule has 0 unspecified atom stereocenters. The summed E-state index contributed by atoms with van der Waals surface area (Å²) in [6.07, 6.45) is -3.78. The summed E-state index contributed by atoms with van der Waals surface area (Å²) in [6.45, 7) is 1.79. The summed E-state index contributed by atoms with van der Waals surface area (Å²) in [6, 6.07) is 1.80. The van der Waals surface area contributed by atoms with Gasteiger partial charge in [0.1, 0.15) is 5.82 Å². The predicted molar refractivity (Wildman–Crippen MR) is 77.2 cm³/mol. The molecule has 21 heavy (non-hydrogen) atoms. The van der Waals surface area contributed by atoms with Gasteiger partial charge < -0.3 is 0 Å². The fourth-order valence-electron chi connectivity index (χ4n) is 1.46. The molecule has 2 rings (SSSR count). The minimum atomic E-state index is -4.76. The summed E-state index contributed by atoms with van der Waals surface area (Å²) >= 11 is 4.28. The van der Waals surface area contributed by atoms with E-state index in [2.05, 4.69) is 31.4 Å². The van der Waals surface area contributed by atoms with Crippen molar-refractivity contribution < 1.29 is 17.6 Å². The predicted octanol–water partition coefficient (Wildman–Crippen LogP) is 4.82. The van der Waals surface area contributed by atoms with Crippen molar-refractivity contribution >= 4 is 38.6 Å². The fraction of sp³-hybridized carbons (Fsp3) is 0.167. The van der Waals surface area contributed by atoms with Gasteiger partial charge in [-0.3, -0.25) is 5.43 Å². The topological polar surface area (TPSA) is 37.3 Å². The Morgan fingerprint density at radius 1 is 1.38 bits per heavy atom. The van der Waals surface area contributed by atoms with Crippen LogP contribution in [0.25, 0.3) is 0 Å². The van der Waals surface area contributed by atoms with E-state index in [1.165, 1.54) is 11.3 Å². The highest BCUT2D eigenvalue weighted by Gasteiger charge is 2.35. The average molecular weight is 382 g/mol. The molecule has 0 aliphatic heterocycles. The molecule has 3 nitrogen and oxygen atoms in total. The Hall–Kier alpha value is -1.48. The zero-order valence-corrected chi connectivity index (χ0v) is 12.9. The molecule has 2 aromatic rings. The summed E-state index contributed by atoms with van der Waals surface area (Å²) in [5.41, 5.74) is 1.69. The van der Waals surface area contributed by atoms with Crippen molar-refractivity contribution in [3.8, 4) is 0 Å². The third kappa shape index (κ3) is 3.79. The van der Waals surface area contributed by atoms with Crippen LogP contribution in [0.2, 0.25) is 0 Å². The van der Waals surface area contributed by atoms with Crippen LogP contribution in [0.1, 0.15) is 16.8 Å². The van der Waals surface area contributed by atoms with E-state index in [-0.39, 0.29) is 10.0 Å². The molecule has 0 fully saturated rings. The van der Waals surface area contributed by atoms with Crippen LogP contribution in [-0.4, -0.2) is 11.2 Å². The molecule has 0 atom stereocenters. The Balaban J connectivity index is 2.27. The molecular formula is C12H8BrF4N3S. The first kappa shape index (κ1) is 15.9. The van der Waals surface area contributed by atoms with E-state index in [1.807, 2.05) is 0 Å². The van der Waals surface area contributed by atoms with Crippen molar-refractivity contribution in [1.29, 1.82) is 0 Å². The van der Waals surface area contributed by atoms with Gasteiger partial charge >= 0.3 is 6.18 Å². The number of hydrogen-bond donors (Lipinski definition) is 1. The molecular weight excluding hydrogens is 374 g/mol. The molecule has 1 aromatic heterocycles. The van der Waals surface area contributed by atoms with E-state index in [0.29, 0.717) is 11.2 Å². The van der Waals surface area contributed by atoms with E-state index < -0.39 is 17.6 Å². The van der Waals surface area contributed by atoms with Crippen molar-refractivity contribution in [1.82, 2.24) is 4.98 Å². The summed E-state index contributed by atoms with van der Waals surface area (Å²) < 4.78 is 51.9. The summed E-state index contributed by atoms with van der Waals surface area (Å²) in [7, 11) is 0. The maximum atomic E-state index is 13.9. The van der Waals surface area contributed by atoms with Crippen molar-refractivity contribution in [3.05, 3.63) is 44.6 Å². The van der Waals surface area contributed by atoms with E-state index in [4.69, 9.17) is 0 Å². The number of nitrogens with zero attached hydrogens (tertiary/aromatic N) is 2. The fourth-order valence-corrected chi connectivity index (χ4v) is 2.51. The SMILES string of the molecule is Cc1csc(NN=Cc2c(Br)ccc(C(F)(F)F)c2F)n1. The van der Waals surface area contributed by atoms with Crippen LogP contribution < -0.4 is 5.43 Å². The maximum Gasteiger partial charge on any atom is 0.419 e. The quantitative estimate of drug-likeness (QED) is 0.470. The molecule has 1 N–H and O–H groups in total. The molecule has 1 aromatic carbocycles. The van der Waals surface area contributed by atoms with Gasteiger partial charge in [-0.05, 0) is 19.1 Å². The number of nitrogens with one attached hydrogen (secondary N) is 1. The third-order valence-corrected chi connectivity index (χ3v) is 3.96. The summed E-state index contributed by atoms with van der Waals surface area (Å²) in [5.74, 6) is -1.38. The van der Waals surface area contributed by atoms with Gasteiger partial charge in [-0.2, -0.15) is 18.3 Å². The normalized spacial score (nSPS) is 12.1. The molecule has 1 heterocycles. The number of rotatable bonds is 3. The highest BCUT2D eigenvalue weighted by Crippen LogP contribution is 2.34. The number of halogens is 5. The number of anilines is 1. The van der Waals surface area contributed by atoms with Gasteiger partial charge in [0.25, 0.3) is 0 Å². The Bertz CT molecular complexity index is 682. The van der Waals surface area contributed by atoms with Crippen molar-refractivity contribution in [2.45, 2.75) is 13.1 Å². The monoisotopic (exact) mass is 381 g/mol. The third-order valence-electron chi connectivity index (χ3n) is 2.40. The first-order valence-electron chi connectivity index (χ1n) is 5.55. The van der Waals surface area contributed by atoms with Gasteiger partial charge in [-0.15, -0.1) is 11.3 Å². The number of alkyl halides is 3. The van der Waals surface area contributed by atoms with Crippen LogP contribution >= 0.6 is 27.3 Å². The molecule has 0 bridgehead atoms. The van der Waals surface area contributed by atoms with Gasteiger partial charge in [-0.25, -0.2) is 9.37 Å². The second kappa shape index (κ2) is 6.10. The largest absolute Gasteiger partial charge is 0.419 e. The van der Waals surface area contributed by atoms with Crippen LogP contribution in [0.4, 0.5) is 22.7 Å². The van der Waals surface area contributed by atoms with Crippen LogP contribution in [0.15, 0.2) is 27.1 Å². The zero-order chi connectivity index (χ0) is 15.6. The lowest BCUT2D eigenvalue weighted by molar-refractivity contribution is -0.140. The lowest BCUT2D eigenvalue weighted by atomic mass is 10.1. The molecule has 0 aliphatic carbocycles. The Labute approximate surface area is 129 Å². The molecule has 0 spiro atoms. The Morgan fingerprint density at radius 3 is 2.67 bits per heavy atom. The van der Waals surface area contributed by atoms with Crippen LogP contribution in [0.5, 0.6) is 0 Å². The number of hydrogen-bond acceptors (Lipinski definition) is 4. The van der Waals surface area contributed by atoms with Gasteiger partial charge in [0.15, 0.2) is 0 Å². The number of hydrazone groups is 1. The second-order valence-corrected chi connectivity index (χ2v) is 5.70. The van der Waals surface area contributed by atoms with Crippen LogP contribution in [0, 0.1) is 12.7 Å². The minimum Gasteiger partial charge on any atom is -0.253 e. The molecule has 0 aliphatic rings. The lowest BCUT2D eigenvalue weighted by Gasteiger charge is -2.10. The molecule has 0 amide bonds. The van der Waals surface area contributed by atoms with Gasteiger partial charge in [0.2, 0.25) is 5.13 Å². The van der Waals surface area contributed by atoms with E-state index >= 15 is 0 Å². The molecule has 9 heteroatoms. The molecule has 112 valence electrons. The summed E-state index contributed by atoms with van der Waals surface area (Å²) in [4.78, 5) is 4.05. The van der Waals surface area contributed by atoms with Crippen molar-refractivity contribution in [3.63, 3.8) is 0 Å². The van der Waals surface area contributed by atoms with E-state index in [9.17, 15) is 17.6 Å². The number of benzene rings is 1. The molecule has 0 saturated carbocycles. The van der Waals surface area contributed by atoms with Gasteiger partial charge in [0.05, 0.1) is 17.5 Å². The van der Waals surface area contributed by atoms with Crippen molar-refractivity contribution in [2.24, 2.45) is 5.10 Å². The second-order valence-electron chi connectivity index (χ2n) is 3.98. The maximum absolute atomic E-state index is 13.9. The average Bonchev–Trinajstić information content (AvgIpc) is 2.77. The van der Waals surface area contributed by atoms with E-state index in [0.717, 1.165) is 18.0 Å². The zero-order valence-electron chi connectivity index (χ0n) is 10.5. The van der Waals surface area contributed by atoms with Crippen LogP contribution in [0.3, 0.4) is 0 Å². The van der Waals surface area contributed by atoms with E-state index in [1.54, 1.807) is 12.3 Å². The number of thiazole rings is 1. The van der Waals surface area contributed by atoms with Gasteiger partial charge in [-0.1, -0.05) is 15.9 Å². The van der Waals surface area contributed by atoms with Crippen molar-refractivity contribution in [2.75, 3.05) is 5.43 Å². The lowest BCUT2D eigenvalue weighted by Crippen LogP contribution is -2.10. The number of aryl methyl sites for hydroxylation is 1. The highest BCUT2D eigenvalue weighted by atomic mass is 79.9. The summed E-state index contributed by atoms with van der Waals surface area (Å²) in [5, 5.41) is 5.95.